The molecule has 0 saturated heterocycles. The molecule has 0 saturated carbocycles. The van der Waals surface area contributed by atoms with Crippen LogP contribution in [0.5, 0.6) is 11.5 Å². The van der Waals surface area contributed by atoms with E-state index in [9.17, 15) is 5.11 Å². The van der Waals surface area contributed by atoms with E-state index >= 15 is 0 Å². The number of rotatable bonds is 4. The van der Waals surface area contributed by atoms with Crippen molar-refractivity contribution in [2.24, 2.45) is 4.99 Å². The van der Waals surface area contributed by atoms with Crippen LogP contribution in [0.1, 0.15) is 12.5 Å². The van der Waals surface area contributed by atoms with Crippen molar-refractivity contribution in [2.75, 3.05) is 6.61 Å². The van der Waals surface area contributed by atoms with Gasteiger partial charge in [0.1, 0.15) is 0 Å². The molecule has 19 heavy (non-hydrogen) atoms. The number of aliphatic imine (C=N–C) groups is 1. The number of hydrogen-bond acceptors (Lipinski definition) is 3. The summed E-state index contributed by atoms with van der Waals surface area (Å²) in [6.07, 6.45) is 1.68. The molecule has 2 aromatic rings. The Labute approximate surface area is 117 Å². The van der Waals surface area contributed by atoms with Gasteiger partial charge < -0.3 is 9.84 Å². The van der Waals surface area contributed by atoms with Crippen molar-refractivity contribution in [1.29, 1.82) is 0 Å². The van der Waals surface area contributed by atoms with Gasteiger partial charge in [-0.05, 0) is 36.8 Å². The molecule has 0 aliphatic heterocycles. The van der Waals surface area contributed by atoms with Crippen LogP contribution in [0.4, 0.5) is 5.69 Å². The predicted molar refractivity (Wildman–Crippen MR) is 78.0 cm³/mol. The Hall–Kier alpha value is -2.00. The van der Waals surface area contributed by atoms with Gasteiger partial charge in [-0.1, -0.05) is 29.8 Å². The molecule has 0 aromatic heterocycles. The Balaban J connectivity index is 2.28. The number of aromatic hydroxyl groups is 1. The second kappa shape index (κ2) is 6.25. The summed E-state index contributed by atoms with van der Waals surface area (Å²) in [4.78, 5) is 4.33. The second-order valence-corrected chi connectivity index (χ2v) is 4.28. The summed E-state index contributed by atoms with van der Waals surface area (Å²) < 4.78 is 5.31. The minimum absolute atomic E-state index is 0.0413. The molecule has 2 aromatic carbocycles. The molecule has 98 valence electrons. The molecule has 2 rings (SSSR count). The molecular formula is C15H14ClNO2. The number of halogens is 1. The Morgan fingerprint density at radius 3 is 2.68 bits per heavy atom. The molecule has 0 heterocycles. The van der Waals surface area contributed by atoms with Crippen LogP contribution in [0.25, 0.3) is 0 Å². The van der Waals surface area contributed by atoms with Crippen molar-refractivity contribution in [3.05, 3.63) is 53.1 Å². The highest BCUT2D eigenvalue weighted by atomic mass is 35.5. The minimum Gasteiger partial charge on any atom is -0.503 e. The fraction of sp³-hybridized carbons (Fsp3) is 0.133. The van der Waals surface area contributed by atoms with Crippen molar-refractivity contribution in [3.63, 3.8) is 0 Å². The molecular weight excluding hydrogens is 262 g/mol. The van der Waals surface area contributed by atoms with Gasteiger partial charge in [-0.25, -0.2) is 0 Å². The minimum atomic E-state index is -0.0413. The first-order valence-corrected chi connectivity index (χ1v) is 6.33. The predicted octanol–water partition coefficient (Wildman–Crippen LogP) is 4.19. The lowest BCUT2D eigenvalue weighted by atomic mass is 10.2. The van der Waals surface area contributed by atoms with E-state index in [1.807, 2.05) is 37.3 Å². The van der Waals surface area contributed by atoms with Gasteiger partial charge in [-0.15, -0.1) is 0 Å². The number of ether oxygens (including phenoxy) is 1. The number of hydrogen-bond donors (Lipinski definition) is 1. The van der Waals surface area contributed by atoms with Crippen LogP contribution in [-0.2, 0) is 0 Å². The molecule has 3 nitrogen and oxygen atoms in total. The third-order valence-electron chi connectivity index (χ3n) is 2.47. The molecule has 0 bridgehead atoms. The van der Waals surface area contributed by atoms with E-state index in [0.717, 1.165) is 11.3 Å². The molecule has 0 atom stereocenters. The highest BCUT2D eigenvalue weighted by Crippen LogP contribution is 2.34. The van der Waals surface area contributed by atoms with Crippen molar-refractivity contribution in [1.82, 2.24) is 0 Å². The lowest BCUT2D eigenvalue weighted by Crippen LogP contribution is -1.93. The Bertz CT molecular complexity index is 582. The van der Waals surface area contributed by atoms with E-state index in [1.165, 1.54) is 0 Å². The lowest BCUT2D eigenvalue weighted by Gasteiger charge is -2.08. The van der Waals surface area contributed by atoms with Crippen molar-refractivity contribution >= 4 is 23.5 Å². The number of para-hydroxylation sites is 1. The molecule has 0 fully saturated rings. The molecule has 0 aliphatic carbocycles. The van der Waals surface area contributed by atoms with Crippen molar-refractivity contribution < 1.29 is 9.84 Å². The zero-order valence-corrected chi connectivity index (χ0v) is 11.3. The van der Waals surface area contributed by atoms with Crippen LogP contribution in [0, 0.1) is 0 Å². The zero-order chi connectivity index (χ0) is 13.7. The molecule has 0 spiro atoms. The quantitative estimate of drug-likeness (QED) is 0.850. The summed E-state index contributed by atoms with van der Waals surface area (Å²) in [5.41, 5.74) is 1.62. The highest BCUT2D eigenvalue weighted by molar-refractivity contribution is 6.32. The van der Waals surface area contributed by atoms with Crippen LogP contribution >= 0.6 is 11.6 Å². The lowest BCUT2D eigenvalue weighted by molar-refractivity contribution is 0.318. The van der Waals surface area contributed by atoms with Crippen LogP contribution in [-0.4, -0.2) is 17.9 Å². The first kappa shape index (κ1) is 13.4. The van der Waals surface area contributed by atoms with Gasteiger partial charge in [-0.2, -0.15) is 0 Å². The largest absolute Gasteiger partial charge is 0.503 e. The maximum absolute atomic E-state index is 9.74. The Kier molecular flexibility index (Phi) is 4.42. The van der Waals surface area contributed by atoms with Crippen LogP contribution in [0.3, 0.4) is 0 Å². The van der Waals surface area contributed by atoms with E-state index in [4.69, 9.17) is 16.3 Å². The van der Waals surface area contributed by atoms with Gasteiger partial charge in [-0.3, -0.25) is 4.99 Å². The average molecular weight is 276 g/mol. The summed E-state index contributed by atoms with van der Waals surface area (Å²) in [5.74, 6) is 0.324. The van der Waals surface area contributed by atoms with Gasteiger partial charge >= 0.3 is 0 Å². The molecule has 0 amide bonds. The first-order chi connectivity index (χ1) is 9.20. The Morgan fingerprint density at radius 2 is 2.00 bits per heavy atom. The third kappa shape index (κ3) is 3.48. The summed E-state index contributed by atoms with van der Waals surface area (Å²) in [6.45, 7) is 2.31. The second-order valence-electron chi connectivity index (χ2n) is 3.88. The first-order valence-electron chi connectivity index (χ1n) is 5.95. The van der Waals surface area contributed by atoms with Gasteiger partial charge in [0.2, 0.25) is 0 Å². The highest BCUT2D eigenvalue weighted by Gasteiger charge is 2.08. The number of benzene rings is 2. The fourth-order valence-corrected chi connectivity index (χ4v) is 1.82. The summed E-state index contributed by atoms with van der Waals surface area (Å²) in [6, 6.07) is 12.9. The van der Waals surface area contributed by atoms with E-state index in [2.05, 4.69) is 4.99 Å². The number of phenols is 1. The molecule has 0 aliphatic rings. The topological polar surface area (TPSA) is 41.8 Å². The molecule has 0 unspecified atom stereocenters. The summed E-state index contributed by atoms with van der Waals surface area (Å²) >= 11 is 5.94. The van der Waals surface area contributed by atoms with Gasteiger partial charge in [0.15, 0.2) is 11.5 Å². The number of phenolic OH excluding ortho intramolecular Hbond substituents is 1. The van der Waals surface area contributed by atoms with Gasteiger partial charge in [0.05, 0.1) is 17.3 Å². The van der Waals surface area contributed by atoms with E-state index in [-0.39, 0.29) is 10.8 Å². The normalized spacial score (nSPS) is 10.8. The maximum Gasteiger partial charge on any atom is 0.176 e. The van der Waals surface area contributed by atoms with E-state index in [1.54, 1.807) is 18.3 Å². The molecule has 0 radical (unpaired) electrons. The van der Waals surface area contributed by atoms with Crippen molar-refractivity contribution in [3.8, 4) is 11.5 Å². The molecule has 4 heteroatoms. The monoisotopic (exact) mass is 275 g/mol. The Morgan fingerprint density at radius 1 is 1.26 bits per heavy atom. The summed E-state index contributed by atoms with van der Waals surface area (Å²) in [5, 5.41) is 9.99. The van der Waals surface area contributed by atoms with Crippen molar-refractivity contribution in [2.45, 2.75) is 6.92 Å². The van der Waals surface area contributed by atoms with Gasteiger partial charge in [0.25, 0.3) is 0 Å². The average Bonchev–Trinajstić information content (AvgIpc) is 2.43. The van der Waals surface area contributed by atoms with Crippen LogP contribution in [0.2, 0.25) is 5.02 Å². The summed E-state index contributed by atoms with van der Waals surface area (Å²) in [7, 11) is 0. The maximum atomic E-state index is 9.74. The zero-order valence-electron chi connectivity index (χ0n) is 10.5. The molecule has 1 N–H and O–H groups in total. The number of nitrogens with zero attached hydrogens (tertiary/aromatic N) is 1. The van der Waals surface area contributed by atoms with E-state index in [0.29, 0.717) is 12.4 Å². The van der Waals surface area contributed by atoms with Crippen LogP contribution < -0.4 is 4.74 Å². The van der Waals surface area contributed by atoms with Crippen LogP contribution in [0.15, 0.2) is 47.5 Å². The SMILES string of the molecule is CCOc1cc(C=Nc2ccccc2)cc(Cl)c1O. The van der Waals surface area contributed by atoms with E-state index < -0.39 is 0 Å². The third-order valence-corrected chi connectivity index (χ3v) is 2.76. The standard InChI is InChI=1S/C15H14ClNO2/c1-2-19-14-9-11(8-13(16)15(14)18)10-17-12-6-4-3-5-7-12/h3-10,18H,2H2,1H3. The van der Waals surface area contributed by atoms with Gasteiger partial charge in [0, 0.05) is 6.21 Å². The fourth-order valence-electron chi connectivity index (χ4n) is 1.60. The smallest absolute Gasteiger partial charge is 0.176 e.